The zero-order valence-corrected chi connectivity index (χ0v) is 11.1. The fourth-order valence-electron chi connectivity index (χ4n) is 2.84. The van der Waals surface area contributed by atoms with Crippen LogP contribution in [0.15, 0.2) is 48.5 Å². The second-order valence-electron chi connectivity index (χ2n) is 4.88. The van der Waals surface area contributed by atoms with Crippen LogP contribution in [0.4, 0.5) is 0 Å². The van der Waals surface area contributed by atoms with E-state index in [0.717, 1.165) is 6.42 Å². The highest BCUT2D eigenvalue weighted by molar-refractivity contribution is 5.93. The highest BCUT2D eigenvalue weighted by atomic mass is 16.2. The van der Waals surface area contributed by atoms with Gasteiger partial charge in [-0.1, -0.05) is 30.7 Å². The largest absolute Gasteiger partial charge is 0.854 e. The Morgan fingerprint density at radius 3 is 1.95 bits per heavy atom. The number of rotatable bonds is 3. The first kappa shape index (κ1) is 12.1. The van der Waals surface area contributed by atoms with Gasteiger partial charge in [-0.2, -0.15) is 4.57 Å². The molecular formula is C17H17NO. The molecule has 0 bridgehead atoms. The minimum Gasteiger partial charge on any atom is -0.854 e. The molecule has 0 saturated heterocycles. The summed E-state index contributed by atoms with van der Waals surface area (Å²) in [5.74, 6) is 0. The summed E-state index contributed by atoms with van der Waals surface area (Å²) in [6, 6.07) is 16.9. The van der Waals surface area contributed by atoms with Crippen molar-refractivity contribution in [3.8, 4) is 0 Å². The molecule has 0 atom stereocenters. The predicted molar refractivity (Wildman–Crippen MR) is 75.8 cm³/mol. The molecule has 2 aromatic carbocycles. The van der Waals surface area contributed by atoms with Crippen molar-refractivity contribution in [2.24, 2.45) is 7.05 Å². The van der Waals surface area contributed by atoms with Crippen molar-refractivity contribution in [2.45, 2.75) is 12.8 Å². The van der Waals surface area contributed by atoms with E-state index in [4.69, 9.17) is 0 Å². The minimum atomic E-state index is -0.0102. The van der Waals surface area contributed by atoms with Crippen LogP contribution in [0, 0.1) is 0 Å². The number of pyridine rings is 1. The molecule has 1 aromatic heterocycles. The number of aromatic nitrogens is 1. The summed E-state index contributed by atoms with van der Waals surface area (Å²) in [5.41, 5.74) is 3.75. The van der Waals surface area contributed by atoms with Gasteiger partial charge in [-0.25, -0.2) is 0 Å². The Bertz CT molecular complexity index is 677. The molecule has 96 valence electrons. The normalized spacial score (nSPS) is 11.3. The third-order valence-corrected chi connectivity index (χ3v) is 3.75. The molecule has 0 aliphatic heterocycles. The molecule has 0 radical (unpaired) electrons. The van der Waals surface area contributed by atoms with Crippen molar-refractivity contribution in [2.75, 3.05) is 6.61 Å². The van der Waals surface area contributed by atoms with Crippen LogP contribution in [0.3, 0.4) is 0 Å². The number of nitrogens with zero attached hydrogens (tertiary/aromatic N) is 1. The van der Waals surface area contributed by atoms with E-state index >= 15 is 0 Å². The molecule has 3 aromatic rings. The monoisotopic (exact) mass is 251 g/mol. The van der Waals surface area contributed by atoms with Crippen LogP contribution >= 0.6 is 0 Å². The summed E-state index contributed by atoms with van der Waals surface area (Å²) in [6.07, 6.45) is 1.55. The predicted octanol–water partition coefficient (Wildman–Crippen LogP) is 2.11. The Labute approximate surface area is 112 Å². The SMILES string of the molecule is C[n+]1c2ccccc2c(CCC[O-])c2ccccc21. The van der Waals surface area contributed by atoms with Crippen LogP contribution in [-0.4, -0.2) is 6.61 Å². The van der Waals surface area contributed by atoms with Gasteiger partial charge in [0, 0.05) is 12.1 Å². The van der Waals surface area contributed by atoms with Crippen LogP contribution < -0.4 is 9.67 Å². The van der Waals surface area contributed by atoms with E-state index in [0.29, 0.717) is 6.42 Å². The quantitative estimate of drug-likeness (QED) is 0.517. The Morgan fingerprint density at radius 1 is 0.895 bits per heavy atom. The zero-order chi connectivity index (χ0) is 13.2. The van der Waals surface area contributed by atoms with Gasteiger partial charge >= 0.3 is 0 Å². The molecule has 0 amide bonds. The summed E-state index contributed by atoms with van der Waals surface area (Å²) in [7, 11) is 2.10. The fraction of sp³-hybridized carbons (Fsp3) is 0.235. The number of fused-ring (bicyclic) bond motifs is 2. The van der Waals surface area contributed by atoms with Crippen molar-refractivity contribution in [1.29, 1.82) is 0 Å². The molecule has 0 fully saturated rings. The summed E-state index contributed by atoms with van der Waals surface area (Å²) in [5, 5.41) is 13.4. The zero-order valence-electron chi connectivity index (χ0n) is 11.1. The van der Waals surface area contributed by atoms with Gasteiger partial charge in [0.15, 0.2) is 0 Å². The van der Waals surface area contributed by atoms with Gasteiger partial charge in [-0.15, -0.1) is 6.61 Å². The van der Waals surface area contributed by atoms with Gasteiger partial charge in [-0.05, 0) is 24.1 Å². The molecular weight excluding hydrogens is 234 g/mol. The van der Waals surface area contributed by atoms with E-state index in [1.807, 2.05) is 0 Å². The molecule has 3 rings (SSSR count). The second-order valence-corrected chi connectivity index (χ2v) is 4.88. The molecule has 2 nitrogen and oxygen atoms in total. The molecule has 0 spiro atoms. The van der Waals surface area contributed by atoms with Crippen molar-refractivity contribution < 1.29 is 9.67 Å². The fourth-order valence-corrected chi connectivity index (χ4v) is 2.84. The average Bonchev–Trinajstić information content (AvgIpc) is 2.47. The number of hydrogen-bond acceptors (Lipinski definition) is 1. The van der Waals surface area contributed by atoms with E-state index in [-0.39, 0.29) is 6.61 Å². The summed E-state index contributed by atoms with van der Waals surface area (Å²) >= 11 is 0. The third-order valence-electron chi connectivity index (χ3n) is 3.75. The first-order valence-electron chi connectivity index (χ1n) is 6.69. The number of hydrogen-bond donors (Lipinski definition) is 0. The molecule has 0 saturated carbocycles. The maximum absolute atomic E-state index is 10.8. The van der Waals surface area contributed by atoms with Gasteiger partial charge in [-0.3, -0.25) is 0 Å². The molecule has 0 unspecified atom stereocenters. The van der Waals surface area contributed by atoms with Gasteiger partial charge in [0.2, 0.25) is 11.0 Å². The van der Waals surface area contributed by atoms with Crippen LogP contribution in [0.2, 0.25) is 0 Å². The molecule has 1 heterocycles. The minimum absolute atomic E-state index is 0.0102. The lowest BCUT2D eigenvalue weighted by atomic mass is 9.98. The molecule has 0 aliphatic carbocycles. The van der Waals surface area contributed by atoms with E-state index < -0.39 is 0 Å². The van der Waals surface area contributed by atoms with Crippen LogP contribution in [0.5, 0.6) is 0 Å². The Balaban J connectivity index is 2.42. The van der Waals surface area contributed by atoms with E-state index in [1.165, 1.54) is 27.4 Å². The Morgan fingerprint density at radius 2 is 1.42 bits per heavy atom. The highest BCUT2D eigenvalue weighted by Crippen LogP contribution is 2.25. The van der Waals surface area contributed by atoms with E-state index in [2.05, 4.69) is 60.1 Å². The maximum Gasteiger partial charge on any atom is 0.213 e. The summed E-state index contributed by atoms with van der Waals surface area (Å²) < 4.78 is 2.23. The van der Waals surface area contributed by atoms with Gasteiger partial charge in [0.25, 0.3) is 0 Å². The Kier molecular flexibility index (Phi) is 3.18. The number of benzene rings is 2. The summed E-state index contributed by atoms with van der Waals surface area (Å²) in [4.78, 5) is 0. The standard InChI is InChI=1S/C17H17NO/c1-18-16-10-4-2-7-14(16)13(9-6-12-19)15-8-3-5-11-17(15)18/h2-5,7-8,10-11H,6,9,12H2,1H3. The van der Waals surface area contributed by atoms with Gasteiger partial charge in [0.1, 0.15) is 7.05 Å². The number of para-hydroxylation sites is 2. The van der Waals surface area contributed by atoms with E-state index in [1.54, 1.807) is 0 Å². The molecule has 2 heteroatoms. The van der Waals surface area contributed by atoms with Gasteiger partial charge in [0.05, 0.1) is 10.8 Å². The van der Waals surface area contributed by atoms with Gasteiger partial charge < -0.3 is 5.11 Å². The van der Waals surface area contributed by atoms with Crippen LogP contribution in [0.25, 0.3) is 21.8 Å². The first-order valence-corrected chi connectivity index (χ1v) is 6.69. The average molecular weight is 251 g/mol. The van der Waals surface area contributed by atoms with Crippen molar-refractivity contribution >= 4 is 21.8 Å². The third kappa shape index (κ3) is 1.98. The van der Waals surface area contributed by atoms with Crippen molar-refractivity contribution in [3.63, 3.8) is 0 Å². The van der Waals surface area contributed by atoms with Crippen LogP contribution in [-0.2, 0) is 13.5 Å². The lowest BCUT2D eigenvalue weighted by molar-refractivity contribution is -0.617. The van der Waals surface area contributed by atoms with E-state index in [9.17, 15) is 5.11 Å². The molecule has 0 aliphatic rings. The second kappa shape index (κ2) is 4.98. The summed E-state index contributed by atoms with van der Waals surface area (Å²) in [6.45, 7) is -0.0102. The molecule has 0 N–H and O–H groups in total. The lowest BCUT2D eigenvalue weighted by Crippen LogP contribution is -2.30. The van der Waals surface area contributed by atoms with Crippen molar-refractivity contribution in [1.82, 2.24) is 0 Å². The Hall–Kier alpha value is -1.93. The maximum atomic E-state index is 10.8. The highest BCUT2D eigenvalue weighted by Gasteiger charge is 2.15. The number of aryl methyl sites for hydroxylation is 2. The first-order chi connectivity index (χ1) is 9.33. The van der Waals surface area contributed by atoms with Crippen LogP contribution in [0.1, 0.15) is 12.0 Å². The molecule has 19 heavy (non-hydrogen) atoms. The smallest absolute Gasteiger partial charge is 0.213 e. The topological polar surface area (TPSA) is 26.9 Å². The lowest BCUT2D eigenvalue weighted by Gasteiger charge is -2.11. The van der Waals surface area contributed by atoms with Crippen molar-refractivity contribution in [3.05, 3.63) is 54.1 Å².